The van der Waals surface area contributed by atoms with Crippen molar-refractivity contribution in [3.05, 3.63) is 34.9 Å². The summed E-state index contributed by atoms with van der Waals surface area (Å²) in [5.74, 6) is 0.395. The van der Waals surface area contributed by atoms with Gasteiger partial charge in [0.05, 0.1) is 0 Å². The molecule has 1 nitrogen and oxygen atoms in total. The van der Waals surface area contributed by atoms with E-state index in [2.05, 4.69) is 0 Å². The van der Waals surface area contributed by atoms with Crippen molar-refractivity contribution in [2.24, 2.45) is 5.92 Å². The zero-order valence-corrected chi connectivity index (χ0v) is 9.34. The van der Waals surface area contributed by atoms with Crippen LogP contribution in [0.2, 0.25) is 5.02 Å². The highest BCUT2D eigenvalue weighted by Gasteiger charge is 2.12. The Balaban J connectivity index is 2.70. The molecule has 1 rings (SSSR count). The van der Waals surface area contributed by atoms with E-state index in [0.717, 1.165) is 12.0 Å². The van der Waals surface area contributed by atoms with Crippen molar-refractivity contribution in [2.75, 3.05) is 0 Å². The minimum absolute atomic E-state index is 0.131. The first-order valence-electron chi connectivity index (χ1n) is 4.91. The van der Waals surface area contributed by atoms with Crippen LogP contribution in [0.3, 0.4) is 0 Å². The third-order valence-corrected chi connectivity index (χ3v) is 2.85. The molecular weight excluding hydrogens is 196 g/mol. The largest absolute Gasteiger partial charge is 0.299 e. The third kappa shape index (κ3) is 2.85. The quantitative estimate of drug-likeness (QED) is 0.744. The van der Waals surface area contributed by atoms with Crippen LogP contribution in [0.5, 0.6) is 0 Å². The van der Waals surface area contributed by atoms with Crippen LogP contribution in [0.15, 0.2) is 24.3 Å². The van der Waals surface area contributed by atoms with Crippen LogP contribution in [0, 0.1) is 5.92 Å². The summed E-state index contributed by atoms with van der Waals surface area (Å²) in [5, 5.41) is 0.684. The number of hydrogen-bond acceptors (Lipinski definition) is 1. The highest BCUT2D eigenvalue weighted by molar-refractivity contribution is 6.31. The molecule has 1 atom stereocenters. The minimum atomic E-state index is 0.131. The van der Waals surface area contributed by atoms with Gasteiger partial charge in [0.1, 0.15) is 5.78 Å². The zero-order chi connectivity index (χ0) is 10.6. The molecular formula is C12H15ClO. The van der Waals surface area contributed by atoms with Crippen molar-refractivity contribution in [2.45, 2.75) is 26.7 Å². The smallest absolute Gasteiger partial charge is 0.140 e. The fourth-order valence-corrected chi connectivity index (χ4v) is 1.43. The summed E-state index contributed by atoms with van der Waals surface area (Å²) < 4.78 is 0. The topological polar surface area (TPSA) is 17.1 Å². The number of halogens is 1. The Bertz CT molecular complexity index is 320. The van der Waals surface area contributed by atoms with E-state index in [1.807, 2.05) is 38.1 Å². The molecule has 0 spiro atoms. The standard InChI is InChI=1S/C12H15ClO/c1-3-9(2)12(14)8-10-6-4-5-7-11(10)13/h4-7,9H,3,8H2,1-2H3. The number of hydrogen-bond donors (Lipinski definition) is 0. The molecule has 0 radical (unpaired) electrons. The second kappa shape index (κ2) is 5.16. The molecule has 1 aromatic rings. The Kier molecular flexibility index (Phi) is 4.15. The fourth-order valence-electron chi connectivity index (χ4n) is 1.23. The van der Waals surface area contributed by atoms with E-state index in [-0.39, 0.29) is 11.7 Å². The molecule has 0 heterocycles. The summed E-state index contributed by atoms with van der Waals surface area (Å²) in [4.78, 5) is 11.6. The number of rotatable bonds is 4. The molecule has 76 valence electrons. The van der Waals surface area contributed by atoms with Gasteiger partial charge >= 0.3 is 0 Å². The Morgan fingerprint density at radius 3 is 2.64 bits per heavy atom. The molecule has 0 N–H and O–H groups in total. The summed E-state index contributed by atoms with van der Waals surface area (Å²) >= 11 is 5.96. The van der Waals surface area contributed by atoms with Crippen molar-refractivity contribution in [1.82, 2.24) is 0 Å². The predicted molar refractivity (Wildman–Crippen MR) is 59.6 cm³/mol. The molecule has 14 heavy (non-hydrogen) atoms. The summed E-state index contributed by atoms with van der Waals surface area (Å²) in [6.07, 6.45) is 1.35. The highest BCUT2D eigenvalue weighted by atomic mass is 35.5. The SMILES string of the molecule is CCC(C)C(=O)Cc1ccccc1Cl. The lowest BCUT2D eigenvalue weighted by Crippen LogP contribution is -2.12. The van der Waals surface area contributed by atoms with Gasteiger partial charge in [0.25, 0.3) is 0 Å². The van der Waals surface area contributed by atoms with Crippen molar-refractivity contribution in [1.29, 1.82) is 0 Å². The van der Waals surface area contributed by atoms with Crippen LogP contribution < -0.4 is 0 Å². The van der Waals surface area contributed by atoms with Crippen molar-refractivity contribution < 1.29 is 4.79 Å². The van der Waals surface area contributed by atoms with Gasteiger partial charge in [-0.15, -0.1) is 0 Å². The van der Waals surface area contributed by atoms with Gasteiger partial charge in [0.15, 0.2) is 0 Å². The molecule has 1 unspecified atom stereocenters. The molecule has 0 saturated carbocycles. The molecule has 0 aromatic heterocycles. The summed E-state index contributed by atoms with van der Waals surface area (Å²) in [6.45, 7) is 3.98. The molecule has 0 aliphatic carbocycles. The normalized spacial score (nSPS) is 12.5. The Morgan fingerprint density at radius 1 is 1.43 bits per heavy atom. The Morgan fingerprint density at radius 2 is 2.07 bits per heavy atom. The van der Waals surface area contributed by atoms with Crippen molar-refractivity contribution in [3.63, 3.8) is 0 Å². The van der Waals surface area contributed by atoms with Gasteiger partial charge in [0, 0.05) is 17.4 Å². The lowest BCUT2D eigenvalue weighted by molar-refractivity contribution is -0.121. The van der Waals surface area contributed by atoms with Crippen LogP contribution in [0.1, 0.15) is 25.8 Å². The Hall–Kier alpha value is -0.820. The summed E-state index contributed by atoms with van der Waals surface area (Å²) in [5.41, 5.74) is 0.930. The summed E-state index contributed by atoms with van der Waals surface area (Å²) in [7, 11) is 0. The lowest BCUT2D eigenvalue weighted by atomic mass is 9.97. The van der Waals surface area contributed by atoms with Crippen molar-refractivity contribution >= 4 is 17.4 Å². The average molecular weight is 211 g/mol. The third-order valence-electron chi connectivity index (χ3n) is 2.48. The maximum atomic E-state index is 11.6. The number of benzene rings is 1. The monoisotopic (exact) mass is 210 g/mol. The van der Waals surface area contributed by atoms with Crippen LogP contribution in [-0.2, 0) is 11.2 Å². The highest BCUT2D eigenvalue weighted by Crippen LogP contribution is 2.17. The van der Waals surface area contributed by atoms with Crippen LogP contribution in [0.25, 0.3) is 0 Å². The first-order valence-corrected chi connectivity index (χ1v) is 5.29. The van der Waals surface area contributed by atoms with E-state index in [1.54, 1.807) is 0 Å². The van der Waals surface area contributed by atoms with Gasteiger partial charge < -0.3 is 0 Å². The van der Waals surface area contributed by atoms with Gasteiger partial charge in [-0.2, -0.15) is 0 Å². The second-order valence-electron chi connectivity index (χ2n) is 3.54. The second-order valence-corrected chi connectivity index (χ2v) is 3.95. The van der Waals surface area contributed by atoms with E-state index in [1.165, 1.54) is 0 Å². The number of carbonyl (C=O) groups excluding carboxylic acids is 1. The van der Waals surface area contributed by atoms with Crippen LogP contribution >= 0.6 is 11.6 Å². The molecule has 0 saturated heterocycles. The van der Waals surface area contributed by atoms with Gasteiger partial charge in [-0.3, -0.25) is 4.79 Å². The molecule has 1 aromatic carbocycles. The van der Waals surface area contributed by atoms with Gasteiger partial charge in [-0.1, -0.05) is 43.6 Å². The maximum Gasteiger partial charge on any atom is 0.140 e. The minimum Gasteiger partial charge on any atom is -0.299 e. The van der Waals surface area contributed by atoms with Crippen molar-refractivity contribution in [3.8, 4) is 0 Å². The summed E-state index contributed by atoms with van der Waals surface area (Å²) in [6, 6.07) is 7.51. The fraction of sp³-hybridized carbons (Fsp3) is 0.417. The van der Waals surface area contributed by atoms with E-state index >= 15 is 0 Å². The number of Topliss-reactive ketones (excluding diaryl/α,β-unsaturated/α-hetero) is 1. The average Bonchev–Trinajstić information content (AvgIpc) is 2.20. The molecule has 0 bridgehead atoms. The van der Waals surface area contributed by atoms with E-state index in [4.69, 9.17) is 11.6 Å². The van der Waals surface area contributed by atoms with E-state index in [9.17, 15) is 4.79 Å². The van der Waals surface area contributed by atoms with Gasteiger partial charge in [0.2, 0.25) is 0 Å². The predicted octanol–water partition coefficient (Wildman–Crippen LogP) is 3.50. The first-order chi connectivity index (χ1) is 6.65. The van der Waals surface area contributed by atoms with E-state index in [0.29, 0.717) is 11.4 Å². The molecule has 2 heteroatoms. The van der Waals surface area contributed by atoms with Crippen LogP contribution in [-0.4, -0.2) is 5.78 Å². The number of ketones is 1. The van der Waals surface area contributed by atoms with E-state index < -0.39 is 0 Å². The molecule has 0 fully saturated rings. The lowest BCUT2D eigenvalue weighted by Gasteiger charge is -2.08. The van der Waals surface area contributed by atoms with Gasteiger partial charge in [-0.05, 0) is 18.1 Å². The molecule has 0 aliphatic heterocycles. The molecule has 0 amide bonds. The first kappa shape index (κ1) is 11.3. The zero-order valence-electron chi connectivity index (χ0n) is 8.59. The Labute approximate surface area is 90.1 Å². The van der Waals surface area contributed by atoms with Crippen LogP contribution in [0.4, 0.5) is 0 Å². The maximum absolute atomic E-state index is 11.6. The molecule has 0 aliphatic rings. The number of carbonyl (C=O) groups is 1. The van der Waals surface area contributed by atoms with Gasteiger partial charge in [-0.25, -0.2) is 0 Å².